The van der Waals surface area contributed by atoms with Crippen molar-refractivity contribution in [1.82, 2.24) is 10.0 Å². The van der Waals surface area contributed by atoms with Gasteiger partial charge in [0.1, 0.15) is 4.90 Å². The molecule has 8 nitrogen and oxygen atoms in total. The zero-order valence-electron chi connectivity index (χ0n) is 17.4. The van der Waals surface area contributed by atoms with E-state index in [2.05, 4.69) is 10.6 Å². The van der Waals surface area contributed by atoms with Gasteiger partial charge in [0.05, 0.1) is 5.69 Å². The summed E-state index contributed by atoms with van der Waals surface area (Å²) in [5.74, 6) is -1.43. The number of para-hydroxylation sites is 1. The van der Waals surface area contributed by atoms with Gasteiger partial charge in [-0.25, -0.2) is 17.9 Å². The maximum absolute atomic E-state index is 12.8. The van der Waals surface area contributed by atoms with Crippen LogP contribution in [0.5, 0.6) is 0 Å². The number of rotatable bonds is 5. The number of urea groups is 1. The molecule has 0 radical (unpaired) electrons. The Balaban J connectivity index is 1.78. The molecule has 0 saturated carbocycles. The molecule has 0 bridgehead atoms. The van der Waals surface area contributed by atoms with Gasteiger partial charge in [0, 0.05) is 11.1 Å². The van der Waals surface area contributed by atoms with Crippen molar-refractivity contribution in [3.63, 3.8) is 0 Å². The third kappa shape index (κ3) is 5.19. The molecule has 164 valence electrons. The van der Waals surface area contributed by atoms with E-state index in [4.69, 9.17) is 0 Å². The minimum absolute atomic E-state index is 0.0901. The minimum Gasteiger partial charge on any atom is -0.306 e. The van der Waals surface area contributed by atoms with Crippen molar-refractivity contribution in [2.24, 2.45) is 0 Å². The molecule has 3 aromatic rings. The Labute approximate surface area is 185 Å². The lowest BCUT2D eigenvalue weighted by molar-refractivity contribution is 0.0962. The van der Waals surface area contributed by atoms with Crippen molar-refractivity contribution < 1.29 is 22.8 Å². The van der Waals surface area contributed by atoms with Crippen LogP contribution in [0, 0.1) is 13.8 Å². The maximum Gasteiger partial charge on any atom is 0.326 e. The Morgan fingerprint density at radius 3 is 1.78 bits per heavy atom. The summed E-state index contributed by atoms with van der Waals surface area (Å²) in [6.07, 6.45) is 0. The number of amides is 4. The van der Waals surface area contributed by atoms with E-state index < -0.39 is 27.9 Å². The SMILES string of the molecule is Cc1ccccc1C(=O)NC(=O)Nc1ccccc1S(=O)(=O)NC(=O)c1ccccc1C. The zero-order valence-corrected chi connectivity index (χ0v) is 18.2. The second-order valence-corrected chi connectivity index (χ2v) is 8.62. The summed E-state index contributed by atoms with van der Waals surface area (Å²) in [4.78, 5) is 36.9. The van der Waals surface area contributed by atoms with E-state index in [1.807, 2.05) is 4.72 Å². The van der Waals surface area contributed by atoms with Gasteiger partial charge in [-0.05, 0) is 49.2 Å². The van der Waals surface area contributed by atoms with Crippen LogP contribution in [-0.2, 0) is 10.0 Å². The molecule has 3 rings (SSSR count). The van der Waals surface area contributed by atoms with Crippen molar-refractivity contribution in [3.8, 4) is 0 Å². The Hall–Kier alpha value is -3.98. The van der Waals surface area contributed by atoms with E-state index in [0.29, 0.717) is 16.7 Å². The van der Waals surface area contributed by atoms with Crippen molar-refractivity contribution in [2.45, 2.75) is 18.7 Å². The smallest absolute Gasteiger partial charge is 0.306 e. The van der Waals surface area contributed by atoms with Crippen LogP contribution < -0.4 is 15.4 Å². The number of hydrogen-bond donors (Lipinski definition) is 3. The van der Waals surface area contributed by atoms with Crippen LogP contribution in [0.4, 0.5) is 10.5 Å². The average molecular weight is 452 g/mol. The molecule has 9 heteroatoms. The van der Waals surface area contributed by atoms with Gasteiger partial charge < -0.3 is 5.32 Å². The average Bonchev–Trinajstić information content (AvgIpc) is 2.74. The van der Waals surface area contributed by atoms with Crippen LogP contribution in [0.15, 0.2) is 77.7 Å². The van der Waals surface area contributed by atoms with E-state index in [1.54, 1.807) is 56.3 Å². The lowest BCUT2D eigenvalue weighted by atomic mass is 10.1. The lowest BCUT2D eigenvalue weighted by Gasteiger charge is -2.13. The number of sulfonamides is 1. The normalized spacial score (nSPS) is 10.8. The fourth-order valence-corrected chi connectivity index (χ4v) is 4.15. The quantitative estimate of drug-likeness (QED) is 0.549. The number of aryl methyl sites for hydroxylation is 2. The fraction of sp³-hybridized carbons (Fsp3) is 0.0870. The number of carbonyl (C=O) groups excluding carboxylic acids is 3. The highest BCUT2D eigenvalue weighted by molar-refractivity contribution is 7.90. The molecule has 32 heavy (non-hydrogen) atoms. The zero-order chi connectivity index (χ0) is 23.3. The first-order valence-corrected chi connectivity index (χ1v) is 11.1. The second-order valence-electron chi connectivity index (χ2n) is 6.97. The molecule has 0 aliphatic rings. The number of carbonyl (C=O) groups is 3. The summed E-state index contributed by atoms with van der Waals surface area (Å²) in [5, 5.41) is 4.53. The van der Waals surface area contributed by atoms with Gasteiger partial charge in [-0.1, -0.05) is 48.5 Å². The van der Waals surface area contributed by atoms with Gasteiger partial charge in [0.2, 0.25) is 0 Å². The van der Waals surface area contributed by atoms with Crippen LogP contribution in [0.3, 0.4) is 0 Å². The van der Waals surface area contributed by atoms with Crippen molar-refractivity contribution in [1.29, 1.82) is 0 Å². The molecule has 0 aromatic heterocycles. The molecule has 0 aliphatic carbocycles. The van der Waals surface area contributed by atoms with Gasteiger partial charge in [-0.3, -0.25) is 14.9 Å². The standard InChI is InChI=1S/C23H21N3O5S/c1-15-9-3-5-11-17(15)21(27)25-23(29)24-19-13-7-8-14-20(19)32(30,31)26-22(28)18-12-6-4-10-16(18)2/h3-14H,1-2H3,(H,26,28)(H2,24,25,27,29). The highest BCUT2D eigenvalue weighted by atomic mass is 32.2. The van der Waals surface area contributed by atoms with Gasteiger partial charge >= 0.3 is 6.03 Å². The number of anilines is 1. The summed E-state index contributed by atoms with van der Waals surface area (Å²) in [7, 11) is -4.32. The van der Waals surface area contributed by atoms with Gasteiger partial charge in [-0.15, -0.1) is 0 Å². The van der Waals surface area contributed by atoms with Crippen LogP contribution in [0.25, 0.3) is 0 Å². The van der Waals surface area contributed by atoms with E-state index in [9.17, 15) is 22.8 Å². The molecule has 4 amide bonds. The molecule has 0 aliphatic heterocycles. The third-order valence-corrected chi connectivity index (χ3v) is 6.05. The monoisotopic (exact) mass is 451 g/mol. The molecular formula is C23H21N3O5S. The number of imide groups is 1. The largest absolute Gasteiger partial charge is 0.326 e. The van der Waals surface area contributed by atoms with E-state index in [-0.39, 0.29) is 16.1 Å². The number of hydrogen-bond acceptors (Lipinski definition) is 5. The van der Waals surface area contributed by atoms with E-state index in [0.717, 1.165) is 0 Å². The molecule has 0 saturated heterocycles. The van der Waals surface area contributed by atoms with Crippen molar-refractivity contribution in [2.75, 3.05) is 5.32 Å². The molecule has 3 aromatic carbocycles. The summed E-state index contributed by atoms with van der Waals surface area (Å²) >= 11 is 0. The Morgan fingerprint density at radius 1 is 0.688 bits per heavy atom. The van der Waals surface area contributed by atoms with E-state index >= 15 is 0 Å². The Kier molecular flexibility index (Phi) is 6.70. The van der Waals surface area contributed by atoms with Crippen molar-refractivity contribution >= 4 is 33.6 Å². The summed E-state index contributed by atoms with van der Waals surface area (Å²) in [6.45, 7) is 3.42. The molecule has 0 spiro atoms. The second kappa shape index (κ2) is 9.44. The maximum atomic E-state index is 12.8. The van der Waals surface area contributed by atoms with Gasteiger partial charge in [0.15, 0.2) is 0 Å². The molecule has 0 fully saturated rings. The minimum atomic E-state index is -4.32. The van der Waals surface area contributed by atoms with Gasteiger partial charge in [0.25, 0.3) is 21.8 Å². The first-order valence-electron chi connectivity index (χ1n) is 9.59. The van der Waals surface area contributed by atoms with Gasteiger partial charge in [-0.2, -0.15) is 0 Å². The molecule has 0 atom stereocenters. The lowest BCUT2D eigenvalue weighted by Crippen LogP contribution is -2.36. The highest BCUT2D eigenvalue weighted by Gasteiger charge is 2.24. The number of benzene rings is 3. The Bertz CT molecular complexity index is 1300. The summed E-state index contributed by atoms with van der Waals surface area (Å²) in [5.41, 5.74) is 1.73. The predicted octanol–water partition coefficient (Wildman–Crippen LogP) is 3.38. The first kappa shape index (κ1) is 22.7. The molecular weight excluding hydrogens is 430 g/mol. The fourth-order valence-electron chi connectivity index (χ4n) is 3.02. The molecule has 3 N–H and O–H groups in total. The van der Waals surface area contributed by atoms with Crippen LogP contribution in [0.2, 0.25) is 0 Å². The topological polar surface area (TPSA) is 121 Å². The van der Waals surface area contributed by atoms with Crippen LogP contribution >= 0.6 is 0 Å². The predicted molar refractivity (Wildman–Crippen MR) is 120 cm³/mol. The Morgan fingerprint density at radius 2 is 1.19 bits per heavy atom. The first-order chi connectivity index (χ1) is 15.2. The van der Waals surface area contributed by atoms with Crippen molar-refractivity contribution in [3.05, 3.63) is 95.1 Å². The van der Waals surface area contributed by atoms with Crippen LogP contribution in [-0.4, -0.2) is 26.3 Å². The van der Waals surface area contributed by atoms with E-state index in [1.165, 1.54) is 30.3 Å². The third-order valence-electron chi connectivity index (χ3n) is 4.66. The molecule has 0 unspecified atom stereocenters. The summed E-state index contributed by atoms with van der Waals surface area (Å²) < 4.78 is 27.7. The van der Waals surface area contributed by atoms with Crippen LogP contribution in [0.1, 0.15) is 31.8 Å². The summed E-state index contributed by atoms with van der Waals surface area (Å²) in [6, 6.07) is 17.9. The molecule has 0 heterocycles. The highest BCUT2D eigenvalue weighted by Crippen LogP contribution is 2.21. The number of nitrogens with one attached hydrogen (secondary N) is 3.